The second kappa shape index (κ2) is 9.65. The van der Waals surface area contributed by atoms with Crippen molar-refractivity contribution in [2.75, 3.05) is 6.61 Å². The van der Waals surface area contributed by atoms with Crippen LogP contribution < -0.4 is 5.32 Å². The molecule has 7 heteroatoms. The van der Waals surface area contributed by atoms with E-state index in [1.165, 1.54) is 11.8 Å². The van der Waals surface area contributed by atoms with Gasteiger partial charge in [0.1, 0.15) is 12.6 Å². The van der Waals surface area contributed by atoms with Crippen LogP contribution in [0.5, 0.6) is 0 Å². The highest BCUT2D eigenvalue weighted by Gasteiger charge is 2.39. The molecule has 2 amide bonds. The molecule has 1 unspecified atom stereocenters. The number of carboxylic acid groups (broad SMARTS) is 1. The smallest absolute Gasteiger partial charge is 0.407 e. The van der Waals surface area contributed by atoms with Gasteiger partial charge in [-0.25, -0.2) is 9.59 Å². The van der Waals surface area contributed by atoms with Crippen LogP contribution in [-0.2, 0) is 14.3 Å². The number of ether oxygens (including phenoxy) is 1. The summed E-state index contributed by atoms with van der Waals surface area (Å²) in [6.07, 6.45) is 1.66. The Morgan fingerprint density at radius 3 is 2.15 bits per heavy atom. The van der Waals surface area contributed by atoms with Crippen LogP contribution >= 0.6 is 0 Å². The Balaban J connectivity index is 1.36. The van der Waals surface area contributed by atoms with Crippen LogP contribution in [0.1, 0.15) is 56.6 Å². The van der Waals surface area contributed by atoms with Gasteiger partial charge in [-0.15, -0.1) is 0 Å². The van der Waals surface area contributed by atoms with E-state index in [4.69, 9.17) is 4.74 Å². The van der Waals surface area contributed by atoms with Gasteiger partial charge in [-0.05, 0) is 48.4 Å². The zero-order chi connectivity index (χ0) is 23.5. The molecule has 33 heavy (non-hydrogen) atoms. The van der Waals surface area contributed by atoms with Crippen LogP contribution in [0.2, 0.25) is 0 Å². The van der Waals surface area contributed by atoms with Crippen LogP contribution in [0.25, 0.3) is 11.1 Å². The molecule has 2 aromatic rings. The highest BCUT2D eigenvalue weighted by molar-refractivity contribution is 5.85. The number of fused-ring (bicyclic) bond motifs is 3. The lowest BCUT2D eigenvalue weighted by molar-refractivity contribution is -0.150. The Labute approximate surface area is 193 Å². The summed E-state index contributed by atoms with van der Waals surface area (Å²) in [7, 11) is 0. The number of hydrogen-bond acceptors (Lipinski definition) is 4. The van der Waals surface area contributed by atoms with Crippen LogP contribution in [0, 0.1) is 0 Å². The fraction of sp³-hybridized carbons (Fsp3) is 0.423. The monoisotopic (exact) mass is 450 g/mol. The highest BCUT2D eigenvalue weighted by Crippen LogP contribution is 2.44. The fourth-order valence-corrected chi connectivity index (χ4v) is 4.63. The Morgan fingerprint density at radius 1 is 1.06 bits per heavy atom. The third-order valence-electron chi connectivity index (χ3n) is 6.58. The molecule has 1 saturated carbocycles. The van der Waals surface area contributed by atoms with E-state index in [1.54, 1.807) is 0 Å². The maximum Gasteiger partial charge on any atom is 0.407 e. The molecule has 0 spiro atoms. The van der Waals surface area contributed by atoms with Crippen LogP contribution in [0.3, 0.4) is 0 Å². The number of carbonyl (C=O) groups is 3. The number of carbonyl (C=O) groups excluding carboxylic acids is 2. The molecule has 174 valence electrons. The number of aliphatic carboxylic acids is 1. The Bertz CT molecular complexity index is 1000. The van der Waals surface area contributed by atoms with Crippen molar-refractivity contribution in [2.24, 2.45) is 0 Å². The zero-order valence-corrected chi connectivity index (χ0v) is 19.0. The van der Waals surface area contributed by atoms with Gasteiger partial charge in [-0.3, -0.25) is 4.79 Å². The summed E-state index contributed by atoms with van der Waals surface area (Å²) in [5.74, 6) is -1.31. The van der Waals surface area contributed by atoms with Crippen molar-refractivity contribution in [3.05, 3.63) is 59.7 Å². The van der Waals surface area contributed by atoms with Crippen molar-refractivity contribution in [3.63, 3.8) is 0 Å². The standard InChI is InChI=1S/C26H30N2O5/c1-3-17(14-24(29)28(18-12-13-18)16(2)25(30)31)27-26(32)33-15-23-21-10-6-4-8-19(21)20-9-5-7-11-22(20)23/h4-11,16-18,23H,3,12-15H2,1-2H3,(H,27,32)(H,30,31)/t16?,17-/m1/s1. The largest absolute Gasteiger partial charge is 0.480 e. The van der Waals surface area contributed by atoms with Crippen molar-refractivity contribution < 1.29 is 24.2 Å². The number of benzene rings is 2. The van der Waals surface area contributed by atoms with E-state index in [1.807, 2.05) is 31.2 Å². The quantitative estimate of drug-likeness (QED) is 0.598. The molecule has 0 radical (unpaired) electrons. The van der Waals surface area contributed by atoms with Crippen molar-refractivity contribution in [2.45, 2.75) is 63.6 Å². The number of hydrogen-bond donors (Lipinski definition) is 2. The molecule has 2 aliphatic rings. The molecule has 0 aliphatic heterocycles. The first-order valence-electron chi connectivity index (χ1n) is 11.6. The summed E-state index contributed by atoms with van der Waals surface area (Å²) in [5.41, 5.74) is 4.59. The minimum absolute atomic E-state index is 0.0180. The molecule has 2 aliphatic carbocycles. The molecule has 0 aromatic heterocycles. The van der Waals surface area contributed by atoms with Gasteiger partial charge in [-0.2, -0.15) is 0 Å². The van der Waals surface area contributed by atoms with E-state index in [0.29, 0.717) is 6.42 Å². The molecular formula is C26H30N2O5. The molecule has 7 nitrogen and oxygen atoms in total. The summed E-state index contributed by atoms with van der Waals surface area (Å²) in [4.78, 5) is 38.3. The van der Waals surface area contributed by atoms with E-state index in [0.717, 1.165) is 35.1 Å². The Morgan fingerprint density at radius 2 is 1.64 bits per heavy atom. The summed E-state index contributed by atoms with van der Waals surface area (Å²) < 4.78 is 5.59. The minimum atomic E-state index is -1.02. The average Bonchev–Trinajstić information content (AvgIpc) is 3.59. The highest BCUT2D eigenvalue weighted by atomic mass is 16.5. The molecule has 2 N–H and O–H groups in total. The molecule has 0 saturated heterocycles. The normalized spacial score (nSPS) is 16.3. The van der Waals surface area contributed by atoms with Crippen molar-refractivity contribution in [1.82, 2.24) is 10.2 Å². The third kappa shape index (κ3) is 4.87. The SMILES string of the molecule is CC[C@H](CC(=O)N(C1CC1)C(C)C(=O)O)NC(=O)OCC1c2ccccc2-c2ccccc21. The number of nitrogens with one attached hydrogen (secondary N) is 1. The van der Waals surface area contributed by atoms with Crippen LogP contribution in [-0.4, -0.2) is 52.7 Å². The predicted octanol–water partition coefficient (Wildman–Crippen LogP) is 4.16. The second-order valence-electron chi connectivity index (χ2n) is 8.83. The molecule has 0 bridgehead atoms. The minimum Gasteiger partial charge on any atom is -0.480 e. The third-order valence-corrected chi connectivity index (χ3v) is 6.58. The van der Waals surface area contributed by atoms with Crippen molar-refractivity contribution >= 4 is 18.0 Å². The lowest BCUT2D eigenvalue weighted by Gasteiger charge is -2.28. The number of rotatable bonds is 9. The number of carboxylic acids is 1. The second-order valence-corrected chi connectivity index (χ2v) is 8.83. The first kappa shape index (κ1) is 22.8. The fourth-order valence-electron chi connectivity index (χ4n) is 4.63. The molecule has 4 rings (SSSR count). The average molecular weight is 451 g/mol. The Hall–Kier alpha value is -3.35. The number of alkyl carbamates (subject to hydrolysis) is 1. The topological polar surface area (TPSA) is 95.9 Å². The molecular weight excluding hydrogens is 420 g/mol. The van der Waals surface area contributed by atoms with Crippen LogP contribution in [0.4, 0.5) is 4.79 Å². The first-order valence-corrected chi connectivity index (χ1v) is 11.6. The molecule has 2 atom stereocenters. The zero-order valence-electron chi connectivity index (χ0n) is 19.0. The predicted molar refractivity (Wildman–Crippen MR) is 124 cm³/mol. The van der Waals surface area contributed by atoms with Gasteiger partial charge in [0, 0.05) is 24.4 Å². The van der Waals surface area contributed by atoms with Gasteiger partial charge in [-0.1, -0.05) is 55.5 Å². The number of nitrogens with zero attached hydrogens (tertiary/aromatic N) is 1. The summed E-state index contributed by atoms with van der Waals surface area (Å²) in [6, 6.07) is 14.9. The van der Waals surface area contributed by atoms with Crippen LogP contribution in [0.15, 0.2) is 48.5 Å². The van der Waals surface area contributed by atoms with E-state index < -0.39 is 24.1 Å². The summed E-state index contributed by atoms with van der Waals surface area (Å²) in [6.45, 7) is 3.61. The lowest BCUT2D eigenvalue weighted by Crippen LogP contribution is -2.47. The van der Waals surface area contributed by atoms with Gasteiger partial charge < -0.3 is 20.1 Å². The van der Waals surface area contributed by atoms with Gasteiger partial charge in [0.2, 0.25) is 5.91 Å². The maximum absolute atomic E-state index is 12.8. The van der Waals surface area contributed by atoms with Gasteiger partial charge in [0.25, 0.3) is 0 Å². The van der Waals surface area contributed by atoms with Crippen molar-refractivity contribution in [3.8, 4) is 11.1 Å². The molecule has 0 heterocycles. The van der Waals surface area contributed by atoms with E-state index in [-0.39, 0.29) is 30.9 Å². The van der Waals surface area contributed by atoms with Gasteiger partial charge >= 0.3 is 12.1 Å². The van der Waals surface area contributed by atoms with E-state index in [2.05, 4.69) is 29.6 Å². The van der Waals surface area contributed by atoms with Gasteiger partial charge in [0.05, 0.1) is 0 Å². The van der Waals surface area contributed by atoms with E-state index >= 15 is 0 Å². The first-order chi connectivity index (χ1) is 15.9. The lowest BCUT2D eigenvalue weighted by atomic mass is 9.98. The van der Waals surface area contributed by atoms with Gasteiger partial charge in [0.15, 0.2) is 0 Å². The summed E-state index contributed by atoms with van der Waals surface area (Å²) in [5, 5.41) is 12.1. The van der Waals surface area contributed by atoms with E-state index in [9.17, 15) is 19.5 Å². The van der Waals surface area contributed by atoms with Crippen molar-refractivity contribution in [1.29, 1.82) is 0 Å². The number of amides is 2. The summed E-state index contributed by atoms with van der Waals surface area (Å²) >= 11 is 0. The molecule has 1 fully saturated rings. The Kier molecular flexibility index (Phi) is 6.67. The maximum atomic E-state index is 12.8. The molecule has 2 aromatic carbocycles.